The summed E-state index contributed by atoms with van der Waals surface area (Å²) in [6.07, 6.45) is -0.635. The SMILES string of the molecule is CC(C)C[C@H](CC(=O)NOCc1ccccc1)C(=O)[C@@H]1CNCCN1C(=O)O. The number of hydrogen-bond acceptors (Lipinski definition) is 5. The number of rotatable bonds is 9. The van der Waals surface area contributed by atoms with Gasteiger partial charge in [-0.2, -0.15) is 0 Å². The molecule has 0 aliphatic carbocycles. The number of carboxylic acid groups (broad SMARTS) is 1. The molecular formula is C20H29N3O5. The van der Waals surface area contributed by atoms with Gasteiger partial charge in [0.15, 0.2) is 5.78 Å². The Balaban J connectivity index is 1.94. The number of piperazine rings is 1. The summed E-state index contributed by atoms with van der Waals surface area (Å²) in [6.45, 7) is 5.21. The predicted molar refractivity (Wildman–Crippen MR) is 103 cm³/mol. The number of carbonyl (C=O) groups is 3. The number of nitrogens with one attached hydrogen (secondary N) is 2. The lowest BCUT2D eigenvalue weighted by molar-refractivity contribution is -0.140. The Morgan fingerprint density at radius 1 is 1.29 bits per heavy atom. The molecule has 1 aliphatic rings. The highest BCUT2D eigenvalue weighted by molar-refractivity contribution is 5.92. The standard InChI is InChI=1S/C20H29N3O5/c1-14(2)10-16(19(25)17-12-21-8-9-23(17)20(26)27)11-18(24)22-28-13-15-6-4-3-5-7-15/h3-7,14,16-17,21H,8-13H2,1-2H3,(H,22,24)(H,26,27)/t16-,17+/m1/s1. The average molecular weight is 391 g/mol. The minimum Gasteiger partial charge on any atom is -0.465 e. The van der Waals surface area contributed by atoms with Crippen molar-refractivity contribution in [1.29, 1.82) is 0 Å². The lowest BCUT2D eigenvalue weighted by atomic mass is 9.86. The van der Waals surface area contributed by atoms with Crippen molar-refractivity contribution < 1.29 is 24.3 Å². The molecule has 154 valence electrons. The van der Waals surface area contributed by atoms with E-state index < -0.39 is 18.1 Å². The number of nitrogens with zero attached hydrogens (tertiary/aromatic N) is 1. The molecule has 8 heteroatoms. The van der Waals surface area contributed by atoms with Gasteiger partial charge in [-0.3, -0.25) is 19.3 Å². The molecule has 1 aromatic carbocycles. The Kier molecular flexibility index (Phi) is 8.41. The van der Waals surface area contributed by atoms with Crippen molar-refractivity contribution in [3.63, 3.8) is 0 Å². The lowest BCUT2D eigenvalue weighted by Gasteiger charge is -2.35. The van der Waals surface area contributed by atoms with Crippen LogP contribution in [0.3, 0.4) is 0 Å². The maximum Gasteiger partial charge on any atom is 0.408 e. The summed E-state index contributed by atoms with van der Waals surface area (Å²) in [5.74, 6) is -0.976. The van der Waals surface area contributed by atoms with Gasteiger partial charge in [0, 0.05) is 32.0 Å². The van der Waals surface area contributed by atoms with Crippen LogP contribution in [-0.2, 0) is 21.0 Å². The molecular weight excluding hydrogens is 362 g/mol. The molecule has 1 saturated heterocycles. The highest BCUT2D eigenvalue weighted by Gasteiger charge is 2.36. The van der Waals surface area contributed by atoms with Crippen LogP contribution in [0.5, 0.6) is 0 Å². The van der Waals surface area contributed by atoms with Crippen LogP contribution >= 0.6 is 0 Å². The van der Waals surface area contributed by atoms with Crippen LogP contribution in [0.1, 0.15) is 32.3 Å². The van der Waals surface area contributed by atoms with Crippen molar-refractivity contribution in [2.24, 2.45) is 11.8 Å². The molecule has 1 heterocycles. The molecule has 1 aromatic rings. The van der Waals surface area contributed by atoms with E-state index in [-0.39, 0.29) is 43.7 Å². The Labute approximate surface area is 165 Å². The summed E-state index contributed by atoms with van der Waals surface area (Å²) in [6, 6.07) is 8.65. The smallest absolute Gasteiger partial charge is 0.408 e. The van der Waals surface area contributed by atoms with Gasteiger partial charge >= 0.3 is 6.09 Å². The fourth-order valence-corrected chi connectivity index (χ4v) is 3.37. The molecule has 1 fully saturated rings. The Morgan fingerprint density at radius 2 is 2.00 bits per heavy atom. The molecule has 2 atom stereocenters. The molecule has 3 N–H and O–H groups in total. The molecule has 0 saturated carbocycles. The average Bonchev–Trinajstić information content (AvgIpc) is 2.67. The van der Waals surface area contributed by atoms with Crippen molar-refractivity contribution in [2.45, 2.75) is 39.3 Å². The molecule has 28 heavy (non-hydrogen) atoms. The fraction of sp³-hybridized carbons (Fsp3) is 0.550. The molecule has 2 amide bonds. The maximum atomic E-state index is 13.0. The van der Waals surface area contributed by atoms with E-state index in [9.17, 15) is 19.5 Å². The summed E-state index contributed by atoms with van der Waals surface area (Å²) < 4.78 is 0. The Hall–Kier alpha value is -2.45. The van der Waals surface area contributed by atoms with Crippen molar-refractivity contribution in [1.82, 2.24) is 15.7 Å². The second kappa shape index (κ2) is 10.8. The van der Waals surface area contributed by atoms with E-state index in [0.717, 1.165) is 10.5 Å². The third-order valence-electron chi connectivity index (χ3n) is 4.68. The predicted octanol–water partition coefficient (Wildman–Crippen LogP) is 1.81. The topological polar surface area (TPSA) is 108 Å². The van der Waals surface area contributed by atoms with Gasteiger partial charge in [-0.1, -0.05) is 44.2 Å². The van der Waals surface area contributed by atoms with E-state index in [0.29, 0.717) is 13.0 Å². The van der Waals surface area contributed by atoms with Crippen molar-refractivity contribution >= 4 is 17.8 Å². The van der Waals surface area contributed by atoms with Crippen LogP contribution in [0, 0.1) is 11.8 Å². The minimum atomic E-state index is -1.11. The first kappa shape index (κ1) is 21.8. The monoisotopic (exact) mass is 391 g/mol. The van der Waals surface area contributed by atoms with Crippen LogP contribution < -0.4 is 10.8 Å². The molecule has 0 radical (unpaired) electrons. The summed E-state index contributed by atoms with van der Waals surface area (Å²) >= 11 is 0. The number of Topliss-reactive ketones (excluding diaryl/α,β-unsaturated/α-hetero) is 1. The van der Waals surface area contributed by atoms with E-state index in [2.05, 4.69) is 10.8 Å². The number of carbonyl (C=O) groups excluding carboxylic acids is 2. The van der Waals surface area contributed by atoms with Crippen LogP contribution in [0.15, 0.2) is 30.3 Å². The van der Waals surface area contributed by atoms with E-state index in [4.69, 9.17) is 4.84 Å². The summed E-state index contributed by atoms with van der Waals surface area (Å²) in [7, 11) is 0. The first-order valence-corrected chi connectivity index (χ1v) is 9.57. The van der Waals surface area contributed by atoms with Crippen LogP contribution in [-0.4, -0.2) is 53.5 Å². The quantitative estimate of drug-likeness (QED) is 0.554. The van der Waals surface area contributed by atoms with Gasteiger partial charge in [0.25, 0.3) is 0 Å². The lowest BCUT2D eigenvalue weighted by Crippen LogP contribution is -2.58. The molecule has 0 unspecified atom stereocenters. The van der Waals surface area contributed by atoms with Gasteiger partial charge in [-0.15, -0.1) is 0 Å². The molecule has 2 rings (SSSR count). The van der Waals surface area contributed by atoms with Crippen molar-refractivity contribution in [3.8, 4) is 0 Å². The largest absolute Gasteiger partial charge is 0.465 e. The normalized spacial score (nSPS) is 18.0. The van der Waals surface area contributed by atoms with Gasteiger partial charge in [0.2, 0.25) is 5.91 Å². The van der Waals surface area contributed by atoms with Gasteiger partial charge < -0.3 is 10.4 Å². The van der Waals surface area contributed by atoms with E-state index in [1.54, 1.807) is 0 Å². The molecule has 8 nitrogen and oxygen atoms in total. The van der Waals surface area contributed by atoms with Gasteiger partial charge in [-0.05, 0) is 17.9 Å². The zero-order valence-electron chi connectivity index (χ0n) is 16.4. The highest BCUT2D eigenvalue weighted by Crippen LogP contribution is 2.21. The molecule has 1 aliphatic heterocycles. The number of hydrogen-bond donors (Lipinski definition) is 3. The van der Waals surface area contributed by atoms with E-state index in [1.165, 1.54) is 0 Å². The molecule has 0 spiro atoms. The van der Waals surface area contributed by atoms with Crippen molar-refractivity contribution in [2.75, 3.05) is 19.6 Å². The molecule has 0 bridgehead atoms. The van der Waals surface area contributed by atoms with Crippen LogP contribution in [0.2, 0.25) is 0 Å². The Morgan fingerprint density at radius 3 is 2.64 bits per heavy atom. The zero-order chi connectivity index (χ0) is 20.5. The van der Waals surface area contributed by atoms with Gasteiger partial charge in [0.1, 0.15) is 6.04 Å². The third-order valence-corrected chi connectivity index (χ3v) is 4.68. The van der Waals surface area contributed by atoms with Crippen LogP contribution in [0.25, 0.3) is 0 Å². The maximum absolute atomic E-state index is 13.0. The van der Waals surface area contributed by atoms with Crippen molar-refractivity contribution in [3.05, 3.63) is 35.9 Å². The highest BCUT2D eigenvalue weighted by atomic mass is 16.6. The minimum absolute atomic E-state index is 0.0320. The number of ketones is 1. The summed E-state index contributed by atoms with van der Waals surface area (Å²) in [4.78, 5) is 43.2. The first-order valence-electron chi connectivity index (χ1n) is 9.57. The van der Waals surface area contributed by atoms with Gasteiger partial charge in [0.05, 0.1) is 6.61 Å². The second-order valence-corrected chi connectivity index (χ2v) is 7.43. The number of amides is 2. The fourth-order valence-electron chi connectivity index (χ4n) is 3.37. The number of hydroxylamine groups is 1. The molecule has 0 aromatic heterocycles. The van der Waals surface area contributed by atoms with Gasteiger partial charge in [-0.25, -0.2) is 10.3 Å². The van der Waals surface area contributed by atoms with E-state index >= 15 is 0 Å². The Bertz CT molecular complexity index is 665. The van der Waals surface area contributed by atoms with E-state index in [1.807, 2.05) is 44.2 Å². The number of benzene rings is 1. The second-order valence-electron chi connectivity index (χ2n) is 7.43. The zero-order valence-corrected chi connectivity index (χ0v) is 16.4. The van der Waals surface area contributed by atoms with Crippen LogP contribution in [0.4, 0.5) is 4.79 Å². The summed E-state index contributed by atoms with van der Waals surface area (Å²) in [5.41, 5.74) is 3.31. The first-order chi connectivity index (χ1) is 13.4. The summed E-state index contributed by atoms with van der Waals surface area (Å²) in [5, 5.41) is 12.4. The third kappa shape index (κ3) is 6.61.